The van der Waals surface area contributed by atoms with Crippen LogP contribution >= 0.6 is 11.6 Å². The van der Waals surface area contributed by atoms with Gasteiger partial charge in [0.2, 0.25) is 5.91 Å². The van der Waals surface area contributed by atoms with Crippen molar-refractivity contribution in [3.63, 3.8) is 0 Å². The van der Waals surface area contributed by atoms with E-state index in [9.17, 15) is 14.4 Å². The van der Waals surface area contributed by atoms with Gasteiger partial charge in [-0.05, 0) is 44.2 Å². The van der Waals surface area contributed by atoms with Crippen LogP contribution in [0.2, 0.25) is 5.02 Å². The normalized spacial score (nSPS) is 14.2. The lowest BCUT2D eigenvalue weighted by Crippen LogP contribution is -2.50. The van der Waals surface area contributed by atoms with Crippen molar-refractivity contribution in [1.82, 2.24) is 15.1 Å². The Hall–Kier alpha value is -3.10. The quantitative estimate of drug-likeness (QED) is 0.620. The first-order valence-corrected chi connectivity index (χ1v) is 10.9. The highest BCUT2D eigenvalue weighted by molar-refractivity contribution is 6.33. The average Bonchev–Trinajstić information content (AvgIpc) is 2.75. The van der Waals surface area contributed by atoms with E-state index in [1.54, 1.807) is 47.4 Å². The summed E-state index contributed by atoms with van der Waals surface area (Å²) >= 11 is 6.09. The maximum atomic E-state index is 12.9. The summed E-state index contributed by atoms with van der Waals surface area (Å²) in [6.45, 7) is 6.21. The number of rotatable bonds is 6. The van der Waals surface area contributed by atoms with Crippen molar-refractivity contribution in [2.75, 3.05) is 43.4 Å². The molecule has 1 aliphatic rings. The molecular weight excluding hydrogens is 430 g/mol. The molecule has 170 valence electrons. The Morgan fingerprint density at radius 2 is 1.69 bits per heavy atom. The van der Waals surface area contributed by atoms with Gasteiger partial charge in [0.1, 0.15) is 0 Å². The van der Waals surface area contributed by atoms with Crippen molar-refractivity contribution in [3.8, 4) is 0 Å². The molecule has 0 aliphatic carbocycles. The molecule has 0 aromatic heterocycles. The van der Waals surface area contributed by atoms with E-state index in [-0.39, 0.29) is 30.4 Å². The van der Waals surface area contributed by atoms with Crippen LogP contribution in [-0.4, -0.2) is 66.4 Å². The predicted molar refractivity (Wildman–Crippen MR) is 126 cm³/mol. The number of hydrogen-bond donors (Lipinski definition) is 3. The number of para-hydroxylation sites is 1. The molecule has 0 atom stereocenters. The summed E-state index contributed by atoms with van der Waals surface area (Å²) in [6.07, 6.45) is 0. The molecule has 0 unspecified atom stereocenters. The van der Waals surface area contributed by atoms with E-state index in [0.717, 1.165) is 0 Å². The second-order valence-electron chi connectivity index (χ2n) is 7.93. The molecule has 4 amide bonds. The van der Waals surface area contributed by atoms with Crippen LogP contribution < -0.4 is 16.0 Å². The second-order valence-corrected chi connectivity index (χ2v) is 8.34. The van der Waals surface area contributed by atoms with Crippen LogP contribution in [0.25, 0.3) is 0 Å². The summed E-state index contributed by atoms with van der Waals surface area (Å²) in [5, 5.41) is 8.81. The Morgan fingerprint density at radius 1 is 0.969 bits per heavy atom. The third-order valence-corrected chi connectivity index (χ3v) is 5.29. The summed E-state index contributed by atoms with van der Waals surface area (Å²) in [5.41, 5.74) is 1.66. The summed E-state index contributed by atoms with van der Waals surface area (Å²) in [6, 6.07) is 13.7. The number of carbonyl (C=O) groups excluding carboxylic acids is 3. The fourth-order valence-electron chi connectivity index (χ4n) is 3.41. The van der Waals surface area contributed by atoms with Crippen LogP contribution in [0.15, 0.2) is 48.5 Å². The van der Waals surface area contributed by atoms with Gasteiger partial charge >= 0.3 is 6.03 Å². The zero-order valence-electron chi connectivity index (χ0n) is 18.2. The number of halogens is 1. The molecule has 1 saturated heterocycles. The number of carbonyl (C=O) groups is 3. The van der Waals surface area contributed by atoms with E-state index in [0.29, 0.717) is 48.1 Å². The van der Waals surface area contributed by atoms with Gasteiger partial charge in [0.25, 0.3) is 5.91 Å². The van der Waals surface area contributed by atoms with Crippen molar-refractivity contribution in [2.45, 2.75) is 19.9 Å². The zero-order valence-corrected chi connectivity index (χ0v) is 19.0. The first kappa shape index (κ1) is 23.6. The third kappa shape index (κ3) is 6.70. The molecule has 3 N–H and O–H groups in total. The SMILES string of the molecule is CC(C)NC(=O)Nc1cccc(C(=O)N2CCN(CC(=O)Nc3ccccc3Cl)CC2)c1. The maximum Gasteiger partial charge on any atom is 0.319 e. The van der Waals surface area contributed by atoms with Gasteiger partial charge in [-0.2, -0.15) is 0 Å². The molecule has 1 fully saturated rings. The first-order chi connectivity index (χ1) is 15.3. The fourth-order valence-corrected chi connectivity index (χ4v) is 3.59. The lowest BCUT2D eigenvalue weighted by atomic mass is 10.1. The summed E-state index contributed by atoms with van der Waals surface area (Å²) < 4.78 is 0. The van der Waals surface area contributed by atoms with E-state index >= 15 is 0 Å². The second kappa shape index (κ2) is 11.0. The standard InChI is InChI=1S/C23H28ClN5O3/c1-16(2)25-23(32)26-18-7-5-6-17(14-18)22(31)29-12-10-28(11-13-29)15-21(30)27-20-9-4-3-8-19(20)24/h3-9,14,16H,10-13,15H2,1-2H3,(H,27,30)(H2,25,26,32). The maximum absolute atomic E-state index is 12.9. The molecule has 1 heterocycles. The van der Waals surface area contributed by atoms with Crippen molar-refractivity contribution in [2.24, 2.45) is 0 Å². The molecule has 2 aromatic rings. The minimum atomic E-state index is -0.312. The highest BCUT2D eigenvalue weighted by Crippen LogP contribution is 2.20. The smallest absolute Gasteiger partial charge is 0.319 e. The molecule has 8 nitrogen and oxygen atoms in total. The van der Waals surface area contributed by atoms with E-state index in [2.05, 4.69) is 16.0 Å². The van der Waals surface area contributed by atoms with Gasteiger partial charge < -0.3 is 20.9 Å². The van der Waals surface area contributed by atoms with Crippen LogP contribution in [0.5, 0.6) is 0 Å². The van der Waals surface area contributed by atoms with Crippen molar-refractivity contribution in [1.29, 1.82) is 0 Å². The largest absolute Gasteiger partial charge is 0.336 e. The zero-order chi connectivity index (χ0) is 23.1. The Kier molecular flexibility index (Phi) is 8.08. The van der Waals surface area contributed by atoms with Gasteiger partial charge in [0.05, 0.1) is 17.3 Å². The lowest BCUT2D eigenvalue weighted by Gasteiger charge is -2.34. The lowest BCUT2D eigenvalue weighted by molar-refractivity contribution is -0.117. The molecule has 2 aromatic carbocycles. The number of hydrogen-bond acceptors (Lipinski definition) is 4. The van der Waals surface area contributed by atoms with Crippen LogP contribution in [0.1, 0.15) is 24.2 Å². The molecule has 0 radical (unpaired) electrons. The number of anilines is 2. The molecule has 32 heavy (non-hydrogen) atoms. The van der Waals surface area contributed by atoms with Crippen LogP contribution in [0, 0.1) is 0 Å². The Balaban J connectivity index is 1.50. The number of benzene rings is 2. The summed E-state index contributed by atoms with van der Waals surface area (Å²) in [7, 11) is 0. The Bertz CT molecular complexity index is 974. The summed E-state index contributed by atoms with van der Waals surface area (Å²) in [4.78, 5) is 40.9. The first-order valence-electron chi connectivity index (χ1n) is 10.6. The Morgan fingerprint density at radius 3 is 2.38 bits per heavy atom. The topological polar surface area (TPSA) is 93.8 Å². The Labute approximate surface area is 192 Å². The molecule has 3 rings (SSSR count). The van der Waals surface area contributed by atoms with Crippen molar-refractivity contribution in [3.05, 3.63) is 59.1 Å². The molecule has 0 bridgehead atoms. The van der Waals surface area contributed by atoms with Gasteiger partial charge in [-0.1, -0.05) is 29.8 Å². The van der Waals surface area contributed by atoms with Gasteiger partial charge in [0.15, 0.2) is 0 Å². The van der Waals surface area contributed by atoms with E-state index in [1.165, 1.54) is 0 Å². The fraction of sp³-hybridized carbons (Fsp3) is 0.348. The predicted octanol–water partition coefficient (Wildman–Crippen LogP) is 3.27. The highest BCUT2D eigenvalue weighted by atomic mass is 35.5. The number of piperazine rings is 1. The number of nitrogens with zero attached hydrogens (tertiary/aromatic N) is 2. The minimum Gasteiger partial charge on any atom is -0.336 e. The van der Waals surface area contributed by atoms with Crippen molar-refractivity contribution < 1.29 is 14.4 Å². The van der Waals surface area contributed by atoms with Gasteiger partial charge in [-0.25, -0.2) is 4.79 Å². The van der Waals surface area contributed by atoms with Gasteiger partial charge in [0, 0.05) is 43.5 Å². The highest BCUT2D eigenvalue weighted by Gasteiger charge is 2.23. The van der Waals surface area contributed by atoms with Gasteiger partial charge in [-0.3, -0.25) is 14.5 Å². The number of nitrogens with one attached hydrogen (secondary N) is 3. The minimum absolute atomic E-state index is 0.0165. The van der Waals surface area contributed by atoms with Crippen LogP contribution in [0.4, 0.5) is 16.2 Å². The summed E-state index contributed by atoms with van der Waals surface area (Å²) in [5.74, 6) is -0.241. The molecule has 0 spiro atoms. The molecule has 9 heteroatoms. The van der Waals surface area contributed by atoms with Crippen molar-refractivity contribution >= 4 is 40.8 Å². The van der Waals surface area contributed by atoms with E-state index < -0.39 is 0 Å². The number of urea groups is 1. The van der Waals surface area contributed by atoms with Gasteiger partial charge in [-0.15, -0.1) is 0 Å². The van der Waals surface area contributed by atoms with E-state index in [4.69, 9.17) is 11.6 Å². The average molecular weight is 458 g/mol. The molecule has 0 saturated carbocycles. The number of amides is 4. The van der Waals surface area contributed by atoms with E-state index in [1.807, 2.05) is 24.8 Å². The monoisotopic (exact) mass is 457 g/mol. The molecule has 1 aliphatic heterocycles. The van der Waals surface area contributed by atoms with Crippen LogP contribution in [0.3, 0.4) is 0 Å². The van der Waals surface area contributed by atoms with Crippen LogP contribution in [-0.2, 0) is 4.79 Å². The third-order valence-electron chi connectivity index (χ3n) is 4.96. The molecular formula is C23H28ClN5O3.